The third kappa shape index (κ3) is 7.98. The van der Waals surface area contributed by atoms with Gasteiger partial charge in [0, 0.05) is 18.8 Å². The first-order chi connectivity index (χ1) is 4.13. The van der Waals surface area contributed by atoms with Gasteiger partial charge in [-0.2, -0.15) is 0 Å². The Hall–Kier alpha value is -0.0200. The molecule has 0 bridgehead atoms. The second-order valence-electron chi connectivity index (χ2n) is 2.14. The minimum atomic E-state index is 0.170. The van der Waals surface area contributed by atoms with Crippen molar-refractivity contribution in [1.82, 2.24) is 5.32 Å². The van der Waals surface area contributed by atoms with Gasteiger partial charge in [0.15, 0.2) is 5.12 Å². The van der Waals surface area contributed by atoms with Crippen molar-refractivity contribution in [3.63, 3.8) is 0 Å². The van der Waals surface area contributed by atoms with E-state index in [9.17, 15) is 4.79 Å². The second kappa shape index (κ2) is 4.82. The first kappa shape index (κ1) is 8.98. The molecule has 0 heterocycles. The Morgan fingerprint density at radius 3 is 2.56 bits per heavy atom. The quantitative estimate of drug-likeness (QED) is 0.609. The maximum absolute atomic E-state index is 10.3. The molecule has 0 fully saturated rings. The molecule has 0 aromatic carbocycles. The molecule has 0 saturated heterocycles. The maximum Gasteiger partial charge on any atom is 0.187 e. The third-order valence-corrected chi connectivity index (χ3v) is 1.48. The summed E-state index contributed by atoms with van der Waals surface area (Å²) in [6.45, 7) is 5.69. The van der Waals surface area contributed by atoms with Crippen molar-refractivity contribution in [2.45, 2.75) is 26.8 Å². The van der Waals surface area contributed by atoms with E-state index in [4.69, 9.17) is 0 Å². The van der Waals surface area contributed by atoms with Crippen molar-refractivity contribution < 1.29 is 4.79 Å². The van der Waals surface area contributed by atoms with Gasteiger partial charge in [0.05, 0.1) is 0 Å². The molecule has 54 valence electrons. The predicted octanol–water partition coefficient (Wildman–Crippen LogP) is 1.22. The van der Waals surface area contributed by atoms with Crippen LogP contribution >= 0.6 is 11.8 Å². The van der Waals surface area contributed by atoms with Crippen molar-refractivity contribution in [3.05, 3.63) is 0 Å². The largest absolute Gasteiger partial charge is 0.305 e. The fourth-order valence-electron chi connectivity index (χ4n) is 0.310. The Labute approximate surface area is 60.4 Å². The first-order valence-electron chi connectivity index (χ1n) is 2.99. The molecule has 0 amide bonds. The van der Waals surface area contributed by atoms with E-state index in [1.807, 2.05) is 0 Å². The van der Waals surface area contributed by atoms with Crippen LogP contribution in [-0.4, -0.2) is 17.0 Å². The summed E-state index contributed by atoms with van der Waals surface area (Å²) < 4.78 is 0. The lowest BCUT2D eigenvalue weighted by Crippen LogP contribution is -2.22. The monoisotopic (exact) mass is 147 g/mol. The molecule has 0 atom stereocenters. The molecule has 2 nitrogen and oxygen atoms in total. The van der Waals surface area contributed by atoms with E-state index < -0.39 is 0 Å². The molecule has 0 saturated carbocycles. The predicted molar refractivity (Wildman–Crippen MR) is 41.4 cm³/mol. The van der Waals surface area contributed by atoms with Crippen LogP contribution in [0, 0.1) is 0 Å². The summed E-state index contributed by atoms with van der Waals surface area (Å²) >= 11 is 1.31. The normalized spacial score (nSPS) is 10.2. The van der Waals surface area contributed by atoms with Crippen LogP contribution in [-0.2, 0) is 4.79 Å². The summed E-state index contributed by atoms with van der Waals surface area (Å²) in [4.78, 5) is 10.3. The van der Waals surface area contributed by atoms with Crippen molar-refractivity contribution in [3.8, 4) is 0 Å². The summed E-state index contributed by atoms with van der Waals surface area (Å²) in [5.74, 6) is 0.729. The van der Waals surface area contributed by atoms with Gasteiger partial charge in [-0.15, -0.1) is 0 Å². The van der Waals surface area contributed by atoms with E-state index >= 15 is 0 Å². The number of thioether (sulfide) groups is 1. The molecular formula is C6H13NOS. The molecule has 0 spiro atoms. The first-order valence-corrected chi connectivity index (χ1v) is 3.98. The number of carbonyl (C=O) groups excluding carboxylic acids is 1. The maximum atomic E-state index is 10.3. The molecular weight excluding hydrogens is 134 g/mol. The standard InChI is InChI=1S/C6H13NOS/c1-5(2)7-4-9-6(3)8/h5,7H,4H2,1-3H3. The van der Waals surface area contributed by atoms with Crippen LogP contribution in [0.4, 0.5) is 0 Å². The SMILES string of the molecule is CC(=O)SCNC(C)C. The summed E-state index contributed by atoms with van der Waals surface area (Å²) in [6, 6.07) is 0.469. The van der Waals surface area contributed by atoms with Crippen molar-refractivity contribution in [2.24, 2.45) is 0 Å². The lowest BCUT2D eigenvalue weighted by molar-refractivity contribution is -0.109. The van der Waals surface area contributed by atoms with Crippen molar-refractivity contribution in [1.29, 1.82) is 0 Å². The average molecular weight is 147 g/mol. The highest BCUT2D eigenvalue weighted by Crippen LogP contribution is 1.97. The third-order valence-electron chi connectivity index (χ3n) is 0.767. The molecule has 0 aromatic heterocycles. The van der Waals surface area contributed by atoms with Crippen LogP contribution in [0.25, 0.3) is 0 Å². The zero-order chi connectivity index (χ0) is 7.28. The number of carbonyl (C=O) groups is 1. The Kier molecular flexibility index (Phi) is 4.81. The lowest BCUT2D eigenvalue weighted by atomic mass is 10.4. The number of hydrogen-bond acceptors (Lipinski definition) is 3. The van der Waals surface area contributed by atoms with Gasteiger partial charge < -0.3 is 5.32 Å². The molecule has 0 radical (unpaired) electrons. The van der Waals surface area contributed by atoms with Gasteiger partial charge in [-0.25, -0.2) is 0 Å². The zero-order valence-electron chi connectivity index (χ0n) is 6.10. The van der Waals surface area contributed by atoms with Gasteiger partial charge in [-0.05, 0) is 0 Å². The summed E-state index contributed by atoms with van der Waals surface area (Å²) in [5, 5.41) is 3.29. The van der Waals surface area contributed by atoms with Gasteiger partial charge in [-0.1, -0.05) is 25.6 Å². The van der Waals surface area contributed by atoms with Gasteiger partial charge in [-0.3, -0.25) is 4.79 Å². The van der Waals surface area contributed by atoms with Gasteiger partial charge in [0.2, 0.25) is 0 Å². The molecule has 1 N–H and O–H groups in total. The molecule has 0 aliphatic heterocycles. The molecule has 0 aliphatic rings. The molecule has 0 aromatic rings. The van der Waals surface area contributed by atoms with Crippen LogP contribution < -0.4 is 5.32 Å². The van der Waals surface area contributed by atoms with Crippen molar-refractivity contribution >= 4 is 16.9 Å². The molecule has 3 heteroatoms. The minimum absolute atomic E-state index is 0.170. The highest BCUT2D eigenvalue weighted by Gasteiger charge is 1.93. The molecule has 0 unspecified atom stereocenters. The molecule has 0 aliphatic carbocycles. The fraction of sp³-hybridized carbons (Fsp3) is 0.833. The minimum Gasteiger partial charge on any atom is -0.305 e. The van der Waals surface area contributed by atoms with Crippen LogP contribution in [0.1, 0.15) is 20.8 Å². The summed E-state index contributed by atoms with van der Waals surface area (Å²) in [7, 11) is 0. The van der Waals surface area contributed by atoms with Gasteiger partial charge in [0.25, 0.3) is 0 Å². The van der Waals surface area contributed by atoms with E-state index in [0.717, 1.165) is 5.88 Å². The van der Waals surface area contributed by atoms with Gasteiger partial charge >= 0.3 is 0 Å². The van der Waals surface area contributed by atoms with Crippen LogP contribution in [0.3, 0.4) is 0 Å². The highest BCUT2D eigenvalue weighted by atomic mass is 32.2. The Bertz CT molecular complexity index is 93.1. The van der Waals surface area contributed by atoms with E-state index in [1.54, 1.807) is 6.92 Å². The Balaban J connectivity index is 3.01. The number of nitrogens with one attached hydrogen (secondary N) is 1. The van der Waals surface area contributed by atoms with E-state index in [2.05, 4.69) is 19.2 Å². The van der Waals surface area contributed by atoms with E-state index in [1.165, 1.54) is 11.8 Å². The molecule has 0 rings (SSSR count). The topological polar surface area (TPSA) is 29.1 Å². The van der Waals surface area contributed by atoms with Crippen LogP contribution in [0.5, 0.6) is 0 Å². The van der Waals surface area contributed by atoms with E-state index in [0.29, 0.717) is 6.04 Å². The zero-order valence-corrected chi connectivity index (χ0v) is 6.92. The smallest absolute Gasteiger partial charge is 0.187 e. The van der Waals surface area contributed by atoms with Gasteiger partial charge in [0.1, 0.15) is 0 Å². The van der Waals surface area contributed by atoms with Crippen LogP contribution in [0.2, 0.25) is 0 Å². The Morgan fingerprint density at radius 2 is 2.22 bits per heavy atom. The molecule has 9 heavy (non-hydrogen) atoms. The van der Waals surface area contributed by atoms with Crippen LogP contribution in [0.15, 0.2) is 0 Å². The highest BCUT2D eigenvalue weighted by molar-refractivity contribution is 8.13. The fourth-order valence-corrected chi connectivity index (χ4v) is 0.930. The number of rotatable bonds is 3. The lowest BCUT2D eigenvalue weighted by Gasteiger charge is -2.04. The average Bonchev–Trinajstić information content (AvgIpc) is 1.63. The Morgan fingerprint density at radius 1 is 1.67 bits per heavy atom. The summed E-state index contributed by atoms with van der Waals surface area (Å²) in [6.07, 6.45) is 0. The second-order valence-corrected chi connectivity index (χ2v) is 3.29. The van der Waals surface area contributed by atoms with Crippen molar-refractivity contribution in [2.75, 3.05) is 5.88 Å². The number of hydrogen-bond donors (Lipinski definition) is 1. The summed E-state index contributed by atoms with van der Waals surface area (Å²) in [5.41, 5.74) is 0. The van der Waals surface area contributed by atoms with E-state index in [-0.39, 0.29) is 5.12 Å².